The van der Waals surface area contributed by atoms with E-state index >= 15 is 0 Å². The van der Waals surface area contributed by atoms with E-state index < -0.39 is 40.2 Å². The molecule has 0 spiro atoms. The van der Waals surface area contributed by atoms with Crippen molar-refractivity contribution < 1.29 is 31.9 Å². The quantitative estimate of drug-likeness (QED) is 0.302. The van der Waals surface area contributed by atoms with E-state index in [0.717, 1.165) is 16.4 Å². The van der Waals surface area contributed by atoms with Crippen LogP contribution in [-0.2, 0) is 26.2 Å². The van der Waals surface area contributed by atoms with Crippen molar-refractivity contribution in [1.29, 1.82) is 0 Å². The number of sulfonamides is 1. The molecule has 0 saturated carbocycles. The van der Waals surface area contributed by atoms with Gasteiger partial charge in [-0.1, -0.05) is 43.1 Å². The molecule has 0 aliphatic carbocycles. The van der Waals surface area contributed by atoms with Crippen LogP contribution in [0.1, 0.15) is 26.3 Å². The van der Waals surface area contributed by atoms with Crippen LogP contribution in [-0.4, -0.2) is 57.5 Å². The molecule has 0 aromatic heterocycles. The third kappa shape index (κ3) is 7.90. The highest BCUT2D eigenvalue weighted by Gasteiger charge is 2.33. The monoisotopic (exact) mass is 651 g/mol. The number of hydrogen-bond donors (Lipinski definition) is 1. The lowest BCUT2D eigenvalue weighted by atomic mass is 10.1. The predicted octanol–water partition coefficient (Wildman–Crippen LogP) is 5.29. The van der Waals surface area contributed by atoms with E-state index in [1.807, 2.05) is 13.8 Å². The largest absolute Gasteiger partial charge is 0.486 e. The first-order valence-electron chi connectivity index (χ1n) is 13.6. The van der Waals surface area contributed by atoms with E-state index in [0.29, 0.717) is 29.5 Å². The first-order chi connectivity index (χ1) is 20.4. The van der Waals surface area contributed by atoms with Gasteiger partial charge in [0.05, 0.1) is 10.6 Å². The van der Waals surface area contributed by atoms with Crippen molar-refractivity contribution >= 4 is 50.7 Å². The number of hydrogen-bond acceptors (Lipinski definition) is 6. The molecule has 0 radical (unpaired) electrons. The van der Waals surface area contributed by atoms with E-state index in [1.165, 1.54) is 41.3 Å². The highest BCUT2D eigenvalue weighted by molar-refractivity contribution is 7.92. The molecule has 0 unspecified atom stereocenters. The summed E-state index contributed by atoms with van der Waals surface area (Å²) in [6, 6.07) is 12.6. The standard InChI is InChI=1S/C30H32Cl2FN3O6S/c1-19(2)16-34-30(38)20(3)35(17-21-4-5-22(31)14-26(21)32)29(37)18-36(24-8-6-23(33)7-9-24)43(39,40)25-10-11-27-28(15-25)42-13-12-41-27/h4-11,14-15,19-20H,12-13,16-18H2,1-3H3,(H,34,38)/t20-/m1/s1. The second kappa shape index (κ2) is 13.8. The van der Waals surface area contributed by atoms with Gasteiger partial charge >= 0.3 is 0 Å². The van der Waals surface area contributed by atoms with E-state index in [1.54, 1.807) is 19.1 Å². The molecule has 0 saturated heterocycles. The summed E-state index contributed by atoms with van der Waals surface area (Å²) >= 11 is 12.5. The van der Waals surface area contributed by atoms with Gasteiger partial charge < -0.3 is 19.7 Å². The first-order valence-corrected chi connectivity index (χ1v) is 15.8. The maximum Gasteiger partial charge on any atom is 0.264 e. The number of nitrogens with one attached hydrogen (secondary N) is 1. The fourth-order valence-electron chi connectivity index (χ4n) is 4.32. The molecule has 1 heterocycles. The molecule has 1 aliphatic rings. The summed E-state index contributed by atoms with van der Waals surface area (Å²) in [7, 11) is -4.40. The number of carbonyl (C=O) groups excluding carboxylic acids is 2. The molecule has 43 heavy (non-hydrogen) atoms. The topological polar surface area (TPSA) is 105 Å². The third-order valence-corrected chi connectivity index (χ3v) is 9.06. The smallest absolute Gasteiger partial charge is 0.264 e. The zero-order valence-electron chi connectivity index (χ0n) is 23.8. The van der Waals surface area contributed by atoms with Crippen molar-refractivity contribution in [3.05, 3.63) is 82.1 Å². The number of amides is 2. The average molecular weight is 653 g/mol. The van der Waals surface area contributed by atoms with Crippen LogP contribution in [0.2, 0.25) is 10.0 Å². The van der Waals surface area contributed by atoms with Crippen LogP contribution < -0.4 is 19.1 Å². The molecule has 1 N–H and O–H groups in total. The van der Waals surface area contributed by atoms with Gasteiger partial charge in [0.15, 0.2) is 11.5 Å². The molecule has 0 bridgehead atoms. The summed E-state index contributed by atoms with van der Waals surface area (Å²) in [5.41, 5.74) is 0.553. The van der Waals surface area contributed by atoms with Crippen molar-refractivity contribution in [2.75, 3.05) is 30.6 Å². The lowest BCUT2D eigenvalue weighted by Crippen LogP contribution is -2.51. The number of carbonyl (C=O) groups is 2. The van der Waals surface area contributed by atoms with Gasteiger partial charge in [-0.25, -0.2) is 12.8 Å². The van der Waals surface area contributed by atoms with Gasteiger partial charge in [-0.3, -0.25) is 13.9 Å². The van der Waals surface area contributed by atoms with Crippen molar-refractivity contribution in [2.24, 2.45) is 5.92 Å². The van der Waals surface area contributed by atoms with Crippen LogP contribution >= 0.6 is 23.2 Å². The van der Waals surface area contributed by atoms with E-state index in [2.05, 4.69) is 5.32 Å². The zero-order chi connectivity index (χ0) is 31.3. The normalized spacial score (nSPS) is 13.4. The summed E-state index contributed by atoms with van der Waals surface area (Å²) in [6.07, 6.45) is 0. The van der Waals surface area contributed by atoms with Crippen LogP contribution in [0, 0.1) is 11.7 Å². The van der Waals surface area contributed by atoms with Gasteiger partial charge in [-0.15, -0.1) is 0 Å². The Balaban J connectivity index is 1.72. The van der Waals surface area contributed by atoms with Gasteiger partial charge in [-0.2, -0.15) is 0 Å². The number of rotatable bonds is 11. The Kier molecular flexibility index (Phi) is 10.4. The number of halogens is 3. The fourth-order valence-corrected chi connectivity index (χ4v) is 6.21. The van der Waals surface area contributed by atoms with Gasteiger partial charge in [0.1, 0.15) is 31.6 Å². The van der Waals surface area contributed by atoms with Crippen LogP contribution in [0.15, 0.2) is 65.6 Å². The number of fused-ring (bicyclic) bond motifs is 1. The van der Waals surface area contributed by atoms with E-state index in [4.69, 9.17) is 32.7 Å². The Hall–Kier alpha value is -3.54. The first kappa shape index (κ1) is 32.4. The molecule has 3 aromatic carbocycles. The molecule has 1 atom stereocenters. The molecule has 13 heteroatoms. The molecule has 230 valence electrons. The lowest BCUT2D eigenvalue weighted by molar-refractivity contribution is -0.139. The number of ether oxygens (including phenoxy) is 2. The van der Waals surface area contributed by atoms with Crippen LogP contribution in [0.3, 0.4) is 0 Å². The van der Waals surface area contributed by atoms with Gasteiger partial charge in [0.25, 0.3) is 10.0 Å². The Morgan fingerprint density at radius 1 is 0.953 bits per heavy atom. The van der Waals surface area contributed by atoms with Crippen molar-refractivity contribution in [2.45, 2.75) is 38.3 Å². The zero-order valence-corrected chi connectivity index (χ0v) is 26.2. The molecule has 3 aromatic rings. The SMILES string of the molecule is CC(C)CNC(=O)[C@@H](C)N(Cc1ccc(Cl)cc1Cl)C(=O)CN(c1ccc(F)cc1)S(=O)(=O)c1ccc2c(c1)OCCO2. The van der Waals surface area contributed by atoms with Gasteiger partial charge in [0.2, 0.25) is 11.8 Å². The Morgan fingerprint density at radius 2 is 1.63 bits per heavy atom. The minimum Gasteiger partial charge on any atom is -0.486 e. The Labute approximate surface area is 260 Å². The Morgan fingerprint density at radius 3 is 2.28 bits per heavy atom. The van der Waals surface area contributed by atoms with Crippen molar-refractivity contribution in [1.82, 2.24) is 10.2 Å². The summed E-state index contributed by atoms with van der Waals surface area (Å²) < 4.78 is 53.9. The minimum atomic E-state index is -4.40. The maximum atomic E-state index is 14.0. The second-order valence-electron chi connectivity index (χ2n) is 10.4. The lowest BCUT2D eigenvalue weighted by Gasteiger charge is -2.32. The molecular formula is C30H32Cl2FN3O6S. The van der Waals surface area contributed by atoms with Crippen molar-refractivity contribution in [3.63, 3.8) is 0 Å². The average Bonchev–Trinajstić information content (AvgIpc) is 2.98. The second-order valence-corrected chi connectivity index (χ2v) is 13.1. The minimum absolute atomic E-state index is 0.0472. The van der Waals surface area contributed by atoms with Crippen molar-refractivity contribution in [3.8, 4) is 11.5 Å². The molecular weight excluding hydrogens is 620 g/mol. The summed E-state index contributed by atoms with van der Waals surface area (Å²) in [4.78, 5) is 28.2. The predicted molar refractivity (Wildman–Crippen MR) is 163 cm³/mol. The van der Waals surface area contributed by atoms with Gasteiger partial charge in [0, 0.05) is 29.2 Å². The molecule has 4 rings (SSSR count). The molecule has 0 fully saturated rings. The number of anilines is 1. The third-order valence-electron chi connectivity index (χ3n) is 6.70. The van der Waals surface area contributed by atoms with Gasteiger partial charge in [-0.05, 0) is 66.9 Å². The molecule has 9 nitrogen and oxygen atoms in total. The van der Waals surface area contributed by atoms with Crippen LogP contribution in [0.5, 0.6) is 11.5 Å². The summed E-state index contributed by atoms with van der Waals surface area (Å²) in [5, 5.41) is 3.49. The molecule has 1 aliphatic heterocycles. The number of nitrogens with zero attached hydrogens (tertiary/aromatic N) is 2. The van der Waals surface area contributed by atoms with E-state index in [-0.39, 0.29) is 40.4 Å². The number of benzene rings is 3. The maximum absolute atomic E-state index is 14.0. The highest BCUT2D eigenvalue weighted by Crippen LogP contribution is 2.34. The summed E-state index contributed by atoms with van der Waals surface area (Å²) in [5.74, 6) is -0.898. The van der Waals surface area contributed by atoms with Crippen LogP contribution in [0.4, 0.5) is 10.1 Å². The highest BCUT2D eigenvalue weighted by atomic mass is 35.5. The van der Waals surface area contributed by atoms with Crippen LogP contribution in [0.25, 0.3) is 0 Å². The van der Waals surface area contributed by atoms with E-state index in [9.17, 15) is 22.4 Å². The fraction of sp³-hybridized carbons (Fsp3) is 0.333. The Bertz CT molecular complexity index is 1590. The summed E-state index contributed by atoms with van der Waals surface area (Å²) in [6.45, 7) is 5.57. The molecule has 2 amide bonds.